The van der Waals surface area contributed by atoms with Crippen LogP contribution in [0.4, 0.5) is 4.39 Å². The predicted octanol–water partition coefficient (Wildman–Crippen LogP) is 1.31. The van der Waals surface area contributed by atoms with Crippen LogP contribution in [-0.2, 0) is 22.6 Å². The lowest BCUT2D eigenvalue weighted by atomic mass is 10.2. The van der Waals surface area contributed by atoms with Crippen LogP contribution in [0.3, 0.4) is 0 Å². The molecule has 1 fully saturated rings. The molecule has 1 aliphatic rings. The van der Waals surface area contributed by atoms with Crippen LogP contribution in [0.25, 0.3) is 0 Å². The minimum Gasteiger partial charge on any atom is -0.477 e. The Morgan fingerprint density at radius 3 is 2.78 bits per heavy atom. The molecule has 1 N–H and O–H groups in total. The molecule has 0 atom stereocenters. The number of hydrogen-bond acceptors (Lipinski definition) is 6. The minimum atomic E-state index is -0.463. The number of morpholine rings is 1. The maximum Gasteiger partial charge on any atom is 0.258 e. The summed E-state index contributed by atoms with van der Waals surface area (Å²) in [5.41, 5.74) is 0.0178. The Morgan fingerprint density at radius 2 is 2.04 bits per heavy atom. The van der Waals surface area contributed by atoms with E-state index >= 15 is 0 Å². The van der Waals surface area contributed by atoms with Crippen LogP contribution in [-0.4, -0.2) is 43.7 Å². The Bertz CT molecular complexity index is 833. The highest BCUT2D eigenvalue weighted by Crippen LogP contribution is 2.10. The van der Waals surface area contributed by atoms with E-state index in [0.717, 1.165) is 13.1 Å². The quantitative estimate of drug-likeness (QED) is 0.785. The van der Waals surface area contributed by atoms with E-state index < -0.39 is 11.7 Å². The number of carbonyl (C=O) groups is 1. The smallest absolute Gasteiger partial charge is 0.258 e. The molecule has 1 amide bonds. The van der Waals surface area contributed by atoms with Gasteiger partial charge in [-0.3, -0.25) is 14.5 Å². The number of hydrogen-bond donors (Lipinski definition) is 1. The molecule has 0 spiro atoms. The predicted molar refractivity (Wildman–Crippen MR) is 94.8 cm³/mol. The third-order valence-corrected chi connectivity index (χ3v) is 4.13. The van der Waals surface area contributed by atoms with Crippen molar-refractivity contribution in [2.45, 2.75) is 13.1 Å². The van der Waals surface area contributed by atoms with Gasteiger partial charge in [0.05, 0.1) is 19.8 Å². The Hall–Kier alpha value is -2.71. The highest BCUT2D eigenvalue weighted by molar-refractivity contribution is 5.77. The van der Waals surface area contributed by atoms with Gasteiger partial charge in [-0.25, -0.2) is 4.39 Å². The summed E-state index contributed by atoms with van der Waals surface area (Å²) in [6.07, 6.45) is 1.21. The summed E-state index contributed by atoms with van der Waals surface area (Å²) in [4.78, 5) is 26.1. The van der Waals surface area contributed by atoms with E-state index in [-0.39, 0.29) is 24.3 Å². The van der Waals surface area contributed by atoms with Crippen molar-refractivity contribution in [3.63, 3.8) is 0 Å². The summed E-state index contributed by atoms with van der Waals surface area (Å²) in [6.45, 7) is 3.08. The van der Waals surface area contributed by atoms with Crippen molar-refractivity contribution in [1.29, 1.82) is 0 Å². The SMILES string of the molecule is O=C(COc1coc(CN2CCOCC2)cc1=O)NCc1ccccc1F. The molecule has 0 radical (unpaired) electrons. The number of amides is 1. The van der Waals surface area contributed by atoms with Gasteiger partial charge in [0.1, 0.15) is 17.8 Å². The molecule has 0 aliphatic carbocycles. The molecule has 27 heavy (non-hydrogen) atoms. The van der Waals surface area contributed by atoms with Gasteiger partial charge in [-0.15, -0.1) is 0 Å². The summed E-state index contributed by atoms with van der Waals surface area (Å²) < 4.78 is 29.4. The molecule has 2 heterocycles. The summed E-state index contributed by atoms with van der Waals surface area (Å²) in [6, 6.07) is 7.53. The van der Waals surface area contributed by atoms with Gasteiger partial charge < -0.3 is 19.2 Å². The fraction of sp³-hybridized carbons (Fsp3) is 0.368. The normalized spacial score (nSPS) is 14.7. The van der Waals surface area contributed by atoms with Crippen LogP contribution in [0.1, 0.15) is 11.3 Å². The molecular weight excluding hydrogens is 355 g/mol. The summed E-state index contributed by atoms with van der Waals surface area (Å²) in [5.74, 6) is -0.370. The van der Waals surface area contributed by atoms with Crippen LogP contribution in [0.2, 0.25) is 0 Å². The standard InChI is InChI=1S/C19H21FN2O5/c20-16-4-2-1-3-14(16)10-21-19(24)13-27-18-12-26-15(9-17(18)23)11-22-5-7-25-8-6-22/h1-4,9,12H,5-8,10-11,13H2,(H,21,24). The van der Waals surface area contributed by atoms with Crippen molar-refractivity contribution < 1.29 is 23.1 Å². The van der Waals surface area contributed by atoms with Gasteiger partial charge in [-0.2, -0.15) is 0 Å². The van der Waals surface area contributed by atoms with Crippen LogP contribution in [0.5, 0.6) is 5.75 Å². The number of nitrogens with one attached hydrogen (secondary N) is 1. The minimum absolute atomic E-state index is 0.0400. The number of carbonyl (C=O) groups excluding carboxylic acids is 1. The van der Waals surface area contributed by atoms with Gasteiger partial charge in [0.15, 0.2) is 6.61 Å². The third kappa shape index (κ3) is 5.63. The second-order valence-corrected chi connectivity index (χ2v) is 6.12. The van der Waals surface area contributed by atoms with Gasteiger partial charge in [0.25, 0.3) is 5.91 Å². The molecule has 1 aliphatic heterocycles. The lowest BCUT2D eigenvalue weighted by molar-refractivity contribution is -0.123. The number of nitrogens with zero attached hydrogens (tertiary/aromatic N) is 1. The molecule has 0 saturated carbocycles. The van der Waals surface area contributed by atoms with E-state index in [2.05, 4.69) is 10.2 Å². The fourth-order valence-corrected chi connectivity index (χ4v) is 2.64. The first-order valence-corrected chi connectivity index (χ1v) is 8.66. The Balaban J connectivity index is 1.48. The second-order valence-electron chi connectivity index (χ2n) is 6.12. The lowest BCUT2D eigenvalue weighted by Gasteiger charge is -2.25. The molecule has 2 aromatic rings. The third-order valence-electron chi connectivity index (χ3n) is 4.13. The van der Waals surface area contributed by atoms with Crippen molar-refractivity contribution in [2.24, 2.45) is 0 Å². The van der Waals surface area contributed by atoms with Gasteiger partial charge in [0, 0.05) is 31.3 Å². The molecule has 3 rings (SSSR count). The maximum absolute atomic E-state index is 13.5. The number of rotatable bonds is 7. The molecule has 1 aromatic carbocycles. The Labute approximate surface area is 155 Å². The highest BCUT2D eigenvalue weighted by Gasteiger charge is 2.14. The van der Waals surface area contributed by atoms with E-state index in [4.69, 9.17) is 13.9 Å². The largest absolute Gasteiger partial charge is 0.477 e. The first-order chi connectivity index (χ1) is 13.1. The van der Waals surface area contributed by atoms with Crippen molar-refractivity contribution in [3.05, 3.63) is 64.0 Å². The molecule has 144 valence electrons. The van der Waals surface area contributed by atoms with Gasteiger partial charge in [-0.05, 0) is 6.07 Å². The average Bonchev–Trinajstić information content (AvgIpc) is 2.67. The number of ether oxygens (including phenoxy) is 2. The van der Waals surface area contributed by atoms with Crippen LogP contribution >= 0.6 is 0 Å². The van der Waals surface area contributed by atoms with E-state index in [9.17, 15) is 14.0 Å². The van der Waals surface area contributed by atoms with Crippen LogP contribution in [0, 0.1) is 5.82 Å². The Morgan fingerprint density at radius 1 is 1.26 bits per heavy atom. The van der Waals surface area contributed by atoms with E-state index in [1.807, 2.05) is 0 Å². The van der Waals surface area contributed by atoms with E-state index in [0.29, 0.717) is 31.1 Å². The zero-order valence-electron chi connectivity index (χ0n) is 14.8. The second kappa shape index (κ2) is 9.29. The maximum atomic E-state index is 13.5. The van der Waals surface area contributed by atoms with Gasteiger partial charge in [-0.1, -0.05) is 18.2 Å². The van der Waals surface area contributed by atoms with E-state index in [1.54, 1.807) is 18.2 Å². The van der Waals surface area contributed by atoms with Crippen LogP contribution < -0.4 is 15.5 Å². The molecule has 0 unspecified atom stereocenters. The number of benzene rings is 1. The fourth-order valence-electron chi connectivity index (χ4n) is 2.64. The van der Waals surface area contributed by atoms with Crippen molar-refractivity contribution >= 4 is 5.91 Å². The molecule has 8 heteroatoms. The molecule has 0 bridgehead atoms. The lowest BCUT2D eigenvalue weighted by Crippen LogP contribution is -2.35. The molecule has 1 aromatic heterocycles. The average molecular weight is 376 g/mol. The van der Waals surface area contributed by atoms with E-state index in [1.165, 1.54) is 18.4 Å². The first-order valence-electron chi connectivity index (χ1n) is 8.66. The zero-order valence-corrected chi connectivity index (χ0v) is 14.8. The summed E-state index contributed by atoms with van der Waals surface area (Å²) in [5, 5.41) is 2.54. The Kier molecular flexibility index (Phi) is 6.56. The first kappa shape index (κ1) is 19.1. The summed E-state index contributed by atoms with van der Waals surface area (Å²) in [7, 11) is 0. The zero-order chi connectivity index (χ0) is 19.1. The molecule has 7 nitrogen and oxygen atoms in total. The van der Waals surface area contributed by atoms with Crippen molar-refractivity contribution in [2.75, 3.05) is 32.9 Å². The monoisotopic (exact) mass is 376 g/mol. The molecular formula is C19H21FN2O5. The molecule has 1 saturated heterocycles. The number of halogens is 1. The van der Waals surface area contributed by atoms with Gasteiger partial charge >= 0.3 is 0 Å². The topological polar surface area (TPSA) is 81.0 Å². The van der Waals surface area contributed by atoms with Crippen LogP contribution in [0.15, 0.2) is 45.8 Å². The highest BCUT2D eigenvalue weighted by atomic mass is 19.1. The van der Waals surface area contributed by atoms with Crippen molar-refractivity contribution in [1.82, 2.24) is 10.2 Å². The summed E-state index contributed by atoms with van der Waals surface area (Å²) >= 11 is 0. The van der Waals surface area contributed by atoms with Crippen molar-refractivity contribution in [3.8, 4) is 5.75 Å². The van der Waals surface area contributed by atoms with Gasteiger partial charge in [0.2, 0.25) is 11.2 Å².